The summed E-state index contributed by atoms with van der Waals surface area (Å²) >= 11 is 0. The third-order valence-corrected chi connectivity index (χ3v) is 4.47. The summed E-state index contributed by atoms with van der Waals surface area (Å²) in [6, 6.07) is 0. The molecular weight excluding hydrogens is 360 g/mol. The molecular formula is C22H34O6. The second-order valence-electron chi connectivity index (χ2n) is 6.92. The van der Waals surface area contributed by atoms with E-state index in [9.17, 15) is 20.1 Å². The molecule has 1 aliphatic heterocycles. The van der Waals surface area contributed by atoms with Crippen molar-refractivity contribution in [3.8, 4) is 0 Å². The highest BCUT2D eigenvalue weighted by Gasteiger charge is 2.36. The zero-order valence-electron chi connectivity index (χ0n) is 16.6. The first-order chi connectivity index (χ1) is 13.4. The Morgan fingerprint density at radius 3 is 2.36 bits per heavy atom. The van der Waals surface area contributed by atoms with Gasteiger partial charge in [0.25, 0.3) is 0 Å². The molecule has 28 heavy (non-hydrogen) atoms. The van der Waals surface area contributed by atoms with Gasteiger partial charge in [0.15, 0.2) is 0 Å². The van der Waals surface area contributed by atoms with E-state index in [1.54, 1.807) is 0 Å². The number of hydrogen-bond acceptors (Lipinski definition) is 5. The largest absolute Gasteiger partial charge is 0.481 e. The normalized spacial score (nSPS) is 25.5. The van der Waals surface area contributed by atoms with Gasteiger partial charge in [-0.1, -0.05) is 55.5 Å². The minimum atomic E-state index is -0.977. The molecule has 0 aromatic rings. The fourth-order valence-corrected chi connectivity index (χ4v) is 2.87. The topological polar surface area (TPSA) is 107 Å². The van der Waals surface area contributed by atoms with Crippen molar-refractivity contribution in [3.05, 3.63) is 48.6 Å². The Kier molecular flexibility index (Phi) is 12.4. The van der Waals surface area contributed by atoms with Crippen molar-refractivity contribution in [2.45, 2.75) is 82.4 Å². The predicted octanol–water partition coefficient (Wildman–Crippen LogP) is 2.90. The Labute approximate surface area is 167 Å². The van der Waals surface area contributed by atoms with Crippen LogP contribution < -0.4 is 0 Å². The average molecular weight is 395 g/mol. The average Bonchev–Trinajstić information content (AvgIpc) is 3.03. The Bertz CT molecular complexity index is 551. The maximum absolute atomic E-state index is 10.5. The van der Waals surface area contributed by atoms with E-state index in [4.69, 9.17) is 9.84 Å². The van der Waals surface area contributed by atoms with Gasteiger partial charge >= 0.3 is 5.97 Å². The van der Waals surface area contributed by atoms with Crippen LogP contribution in [0.5, 0.6) is 0 Å². The standard InChI is InChI=1S/C22H34O6/c1-2-3-4-5-6-7-8-9-10-11-20-19(25)16-21(28-20)18(24)14-12-17(23)13-15-22(26)27/h3-4,6-7,9-10,12,14,17-21,23-25H,2,5,8,11,13,15-16H2,1H3,(H,26,27)/b4-3-,7-6-,10-9-,14-12+. The van der Waals surface area contributed by atoms with Crippen molar-refractivity contribution >= 4 is 5.97 Å². The molecule has 0 amide bonds. The van der Waals surface area contributed by atoms with Crippen molar-refractivity contribution in [2.75, 3.05) is 0 Å². The Balaban J connectivity index is 2.32. The zero-order chi connectivity index (χ0) is 20.8. The van der Waals surface area contributed by atoms with Crippen molar-refractivity contribution in [1.29, 1.82) is 0 Å². The van der Waals surface area contributed by atoms with E-state index in [-0.39, 0.29) is 18.9 Å². The van der Waals surface area contributed by atoms with Gasteiger partial charge in [0.05, 0.1) is 30.5 Å². The van der Waals surface area contributed by atoms with Gasteiger partial charge in [-0.2, -0.15) is 0 Å². The van der Waals surface area contributed by atoms with E-state index in [0.29, 0.717) is 12.8 Å². The fraction of sp³-hybridized carbons (Fsp3) is 0.591. The van der Waals surface area contributed by atoms with Crippen LogP contribution in [0.2, 0.25) is 0 Å². The minimum absolute atomic E-state index is 0.0868. The van der Waals surface area contributed by atoms with Gasteiger partial charge in [0.2, 0.25) is 0 Å². The van der Waals surface area contributed by atoms with Crippen molar-refractivity contribution in [2.24, 2.45) is 0 Å². The molecule has 1 heterocycles. The van der Waals surface area contributed by atoms with E-state index >= 15 is 0 Å². The monoisotopic (exact) mass is 394 g/mol. The van der Waals surface area contributed by atoms with E-state index in [2.05, 4.69) is 31.2 Å². The number of aliphatic carboxylic acids is 1. The number of allylic oxidation sites excluding steroid dienone is 5. The first-order valence-electron chi connectivity index (χ1n) is 9.98. The second kappa shape index (κ2) is 14.3. The smallest absolute Gasteiger partial charge is 0.303 e. The van der Waals surface area contributed by atoms with E-state index in [1.165, 1.54) is 12.2 Å². The van der Waals surface area contributed by atoms with Crippen LogP contribution in [-0.2, 0) is 9.53 Å². The molecule has 0 bridgehead atoms. The van der Waals surface area contributed by atoms with E-state index in [0.717, 1.165) is 19.3 Å². The third kappa shape index (κ3) is 10.6. The van der Waals surface area contributed by atoms with Gasteiger partial charge in [0.1, 0.15) is 0 Å². The highest BCUT2D eigenvalue weighted by molar-refractivity contribution is 5.66. The molecule has 0 radical (unpaired) electrons. The van der Waals surface area contributed by atoms with Crippen LogP contribution in [0.15, 0.2) is 48.6 Å². The highest BCUT2D eigenvalue weighted by Crippen LogP contribution is 2.26. The molecule has 1 fully saturated rings. The molecule has 6 nitrogen and oxygen atoms in total. The van der Waals surface area contributed by atoms with Crippen LogP contribution in [0.25, 0.3) is 0 Å². The number of aliphatic hydroxyl groups excluding tert-OH is 3. The number of rotatable bonds is 13. The Morgan fingerprint density at radius 1 is 1.07 bits per heavy atom. The third-order valence-electron chi connectivity index (χ3n) is 4.47. The van der Waals surface area contributed by atoms with E-state index < -0.39 is 30.4 Å². The van der Waals surface area contributed by atoms with Crippen LogP contribution >= 0.6 is 0 Å². The summed E-state index contributed by atoms with van der Waals surface area (Å²) < 4.78 is 5.73. The predicted molar refractivity (Wildman–Crippen MR) is 109 cm³/mol. The molecule has 0 aromatic heterocycles. The van der Waals surface area contributed by atoms with Gasteiger partial charge in [-0.25, -0.2) is 0 Å². The SMILES string of the molecule is CC/C=C\C/C=C\C/C=C\CC1OC(C(O)/C=C/C(O)CCC(=O)O)CC1O. The molecule has 5 atom stereocenters. The number of carboxylic acid groups (broad SMARTS) is 1. The molecule has 0 saturated carbocycles. The summed E-state index contributed by atoms with van der Waals surface area (Å²) in [4.78, 5) is 10.5. The quantitative estimate of drug-likeness (QED) is 0.358. The second-order valence-corrected chi connectivity index (χ2v) is 6.92. The lowest BCUT2D eigenvalue weighted by molar-refractivity contribution is -0.137. The molecule has 1 aliphatic rings. The Morgan fingerprint density at radius 2 is 1.71 bits per heavy atom. The summed E-state index contributed by atoms with van der Waals surface area (Å²) in [6.07, 6.45) is 15.5. The van der Waals surface area contributed by atoms with Crippen LogP contribution in [0.1, 0.15) is 51.9 Å². The van der Waals surface area contributed by atoms with Gasteiger partial charge < -0.3 is 25.2 Å². The molecule has 0 aromatic carbocycles. The molecule has 5 unspecified atom stereocenters. The number of aliphatic hydroxyl groups is 3. The van der Waals surface area contributed by atoms with Crippen molar-refractivity contribution in [1.82, 2.24) is 0 Å². The summed E-state index contributed by atoms with van der Waals surface area (Å²) in [6.45, 7) is 2.11. The summed E-state index contributed by atoms with van der Waals surface area (Å²) in [5.41, 5.74) is 0. The molecule has 0 aliphatic carbocycles. The first kappa shape index (κ1) is 24.3. The lowest BCUT2D eigenvalue weighted by atomic mass is 10.0. The van der Waals surface area contributed by atoms with Crippen LogP contribution in [0.4, 0.5) is 0 Å². The number of hydrogen-bond donors (Lipinski definition) is 4. The van der Waals surface area contributed by atoms with Crippen molar-refractivity contribution < 1.29 is 30.0 Å². The first-order valence-corrected chi connectivity index (χ1v) is 9.98. The summed E-state index contributed by atoms with van der Waals surface area (Å²) in [7, 11) is 0. The molecule has 1 rings (SSSR count). The van der Waals surface area contributed by atoms with Crippen LogP contribution in [0, 0.1) is 0 Å². The molecule has 158 valence electrons. The Hall–Kier alpha value is -1.73. The number of carboxylic acids is 1. The molecule has 4 N–H and O–H groups in total. The summed E-state index contributed by atoms with van der Waals surface area (Å²) in [5.74, 6) is -0.977. The van der Waals surface area contributed by atoms with Crippen LogP contribution in [-0.4, -0.2) is 56.9 Å². The lowest BCUT2D eigenvalue weighted by Gasteiger charge is -2.16. The maximum atomic E-state index is 10.5. The van der Waals surface area contributed by atoms with Gasteiger partial charge in [-0.3, -0.25) is 4.79 Å². The lowest BCUT2D eigenvalue weighted by Crippen LogP contribution is -2.24. The minimum Gasteiger partial charge on any atom is -0.481 e. The maximum Gasteiger partial charge on any atom is 0.303 e. The van der Waals surface area contributed by atoms with E-state index in [1.807, 2.05) is 12.2 Å². The highest BCUT2D eigenvalue weighted by atomic mass is 16.5. The number of ether oxygens (including phenoxy) is 1. The molecule has 1 saturated heterocycles. The van der Waals surface area contributed by atoms with Crippen LogP contribution in [0.3, 0.4) is 0 Å². The number of carbonyl (C=O) groups is 1. The zero-order valence-corrected chi connectivity index (χ0v) is 16.6. The molecule has 6 heteroatoms. The van der Waals surface area contributed by atoms with Gasteiger partial charge in [-0.15, -0.1) is 0 Å². The van der Waals surface area contributed by atoms with Gasteiger partial charge in [0, 0.05) is 12.8 Å². The molecule has 0 spiro atoms. The van der Waals surface area contributed by atoms with Gasteiger partial charge in [-0.05, 0) is 32.1 Å². The van der Waals surface area contributed by atoms with Crippen molar-refractivity contribution in [3.63, 3.8) is 0 Å². The summed E-state index contributed by atoms with van der Waals surface area (Å²) in [5, 5.41) is 38.5. The fourth-order valence-electron chi connectivity index (χ4n) is 2.87.